The molecule has 0 saturated heterocycles. The Morgan fingerprint density at radius 1 is 0.439 bits per heavy atom. The zero-order chi connectivity index (χ0) is 40.3. The lowest BCUT2D eigenvalue weighted by Gasteiger charge is -2.14. The van der Waals surface area contributed by atoms with Crippen LogP contribution in [0.2, 0.25) is 0 Å². The van der Waals surface area contributed by atoms with Crippen molar-refractivity contribution >= 4 is 49.9 Å². The van der Waals surface area contributed by atoms with Gasteiger partial charge >= 0.3 is 0 Å². The Balaban J connectivity index is 0.000000183. The molecule has 0 fully saturated rings. The normalized spacial score (nSPS) is 10.9. The molecule has 0 amide bonds. The fraction of sp³-hybridized carbons (Fsp3) is 0.127. The van der Waals surface area contributed by atoms with E-state index >= 15 is 0 Å². The summed E-state index contributed by atoms with van der Waals surface area (Å²) < 4.78 is 0. The first-order valence-corrected chi connectivity index (χ1v) is 19.6. The molecule has 0 heterocycles. The van der Waals surface area contributed by atoms with Crippen molar-refractivity contribution in [3.05, 3.63) is 221 Å². The Hall–Kier alpha value is -6.64. The summed E-state index contributed by atoms with van der Waals surface area (Å²) in [6.07, 6.45) is 0. The van der Waals surface area contributed by atoms with E-state index in [-0.39, 0.29) is 0 Å². The minimum atomic E-state index is 0.978. The van der Waals surface area contributed by atoms with Gasteiger partial charge in [-0.05, 0) is 133 Å². The van der Waals surface area contributed by atoms with E-state index in [2.05, 4.69) is 161 Å². The van der Waals surface area contributed by atoms with E-state index in [0.717, 1.165) is 45.1 Å². The van der Waals surface area contributed by atoms with Gasteiger partial charge in [-0.1, -0.05) is 170 Å². The molecule has 0 aliphatic heterocycles. The lowest BCUT2D eigenvalue weighted by atomic mass is 9.90. The van der Waals surface area contributed by atoms with Gasteiger partial charge in [0.2, 0.25) is 0 Å². The molecule has 0 atom stereocenters. The van der Waals surface area contributed by atoms with Gasteiger partial charge in [-0.3, -0.25) is 9.98 Å². The van der Waals surface area contributed by atoms with Crippen LogP contribution < -0.4 is 0 Å². The highest BCUT2D eigenvalue weighted by molar-refractivity contribution is 6.11. The third-order valence-corrected chi connectivity index (χ3v) is 10.2. The highest BCUT2D eigenvalue weighted by Gasteiger charge is 2.12. The summed E-state index contributed by atoms with van der Waals surface area (Å²) in [6.45, 7) is 18.9. The molecule has 2 nitrogen and oxygen atoms in total. The predicted molar refractivity (Wildman–Crippen MR) is 250 cm³/mol. The van der Waals surface area contributed by atoms with E-state index < -0.39 is 0 Å². The predicted octanol–water partition coefficient (Wildman–Crippen LogP) is 15.6. The van der Waals surface area contributed by atoms with E-state index in [1.165, 1.54) is 54.9 Å². The summed E-state index contributed by atoms with van der Waals surface area (Å²) in [5, 5.41) is 5.13. The molecule has 8 rings (SSSR count). The molecule has 0 radical (unpaired) electrons. The molecule has 0 saturated carbocycles. The van der Waals surface area contributed by atoms with Crippen LogP contribution in [0.15, 0.2) is 192 Å². The average molecular weight is 741 g/mol. The molecule has 0 unspecified atom stereocenters. The van der Waals surface area contributed by atoms with Crippen LogP contribution in [0.1, 0.15) is 59.7 Å². The molecule has 0 aliphatic carbocycles. The molecule has 57 heavy (non-hydrogen) atoms. The number of aliphatic imine (C=N–C) groups is 2. The van der Waals surface area contributed by atoms with Crippen LogP contribution in [0, 0.1) is 27.7 Å². The summed E-state index contributed by atoms with van der Waals surface area (Å²) in [7, 11) is 0. The summed E-state index contributed by atoms with van der Waals surface area (Å²) >= 11 is 0. The molecule has 0 N–H and O–H groups in total. The summed E-state index contributed by atoms with van der Waals surface area (Å²) in [5.74, 6) is 0. The van der Waals surface area contributed by atoms with Crippen LogP contribution in [-0.4, -0.2) is 11.4 Å². The Kier molecular flexibility index (Phi) is 13.2. The van der Waals surface area contributed by atoms with Gasteiger partial charge in [0.15, 0.2) is 0 Å². The molecule has 282 valence electrons. The Bertz CT molecular complexity index is 2680. The van der Waals surface area contributed by atoms with E-state index in [9.17, 15) is 0 Å². The SMILES string of the molecule is C=C(c1ccccc1)c1ccccc1N=C(C)C.CC(=Nc1cc2ccc3c(C)c(-c4ccccc4C)ccc3c2cc1C)c1ccccc1.Cc1ccccc1. The quantitative estimate of drug-likeness (QED) is 0.120. The zero-order valence-corrected chi connectivity index (χ0v) is 34.3. The van der Waals surface area contributed by atoms with E-state index in [1.807, 2.05) is 74.5 Å². The largest absolute Gasteiger partial charge is 0.258 e. The molecule has 0 bridgehead atoms. The Morgan fingerprint density at radius 2 is 1.02 bits per heavy atom. The minimum Gasteiger partial charge on any atom is -0.258 e. The molecule has 2 heteroatoms. The van der Waals surface area contributed by atoms with Gasteiger partial charge in [-0.15, -0.1) is 0 Å². The lowest BCUT2D eigenvalue weighted by molar-refractivity contribution is 1.40. The van der Waals surface area contributed by atoms with E-state index in [1.54, 1.807) is 0 Å². The summed E-state index contributed by atoms with van der Waals surface area (Å²) in [5.41, 5.74) is 16.3. The maximum atomic E-state index is 4.96. The zero-order valence-electron chi connectivity index (χ0n) is 34.3. The third kappa shape index (κ3) is 9.97. The third-order valence-electron chi connectivity index (χ3n) is 10.2. The molecule has 0 spiro atoms. The topological polar surface area (TPSA) is 24.7 Å². The number of benzene rings is 8. The standard InChI is InChI=1S/C31H27N.C17H17N.C7H8/c1-20-10-8-9-13-26(20)27-16-17-29-28(22(27)3)15-14-25-19-31(21(2)18-30(25)29)32-23(4)24-11-6-5-7-12-24;1-13(2)18-17-12-8-7-11-16(17)14(3)15-9-5-4-6-10-15;1-7-5-3-2-4-6-7/h5-19H,1-4H3;4-12H,3H2,1-2H3;2-6H,1H3. The second-order valence-electron chi connectivity index (χ2n) is 14.7. The van der Waals surface area contributed by atoms with E-state index in [4.69, 9.17) is 4.99 Å². The second-order valence-corrected chi connectivity index (χ2v) is 14.7. The minimum absolute atomic E-state index is 0.978. The molecule has 0 aliphatic rings. The second kappa shape index (κ2) is 18.8. The van der Waals surface area contributed by atoms with E-state index in [0.29, 0.717) is 0 Å². The Labute approximate surface area is 339 Å². The first kappa shape index (κ1) is 40.0. The van der Waals surface area contributed by atoms with Crippen molar-refractivity contribution in [2.75, 3.05) is 0 Å². The van der Waals surface area contributed by atoms with Crippen LogP contribution in [0.4, 0.5) is 11.4 Å². The van der Waals surface area contributed by atoms with Gasteiger partial charge in [-0.2, -0.15) is 0 Å². The van der Waals surface area contributed by atoms with Gasteiger partial charge < -0.3 is 0 Å². The van der Waals surface area contributed by atoms with Crippen LogP contribution in [-0.2, 0) is 0 Å². The van der Waals surface area contributed by atoms with Gasteiger partial charge in [0.25, 0.3) is 0 Å². The fourth-order valence-corrected chi connectivity index (χ4v) is 7.04. The monoisotopic (exact) mass is 740 g/mol. The van der Waals surface area contributed by atoms with Crippen LogP contribution in [0.5, 0.6) is 0 Å². The van der Waals surface area contributed by atoms with Crippen molar-refractivity contribution in [2.45, 2.75) is 48.5 Å². The molecule has 0 aromatic heterocycles. The highest BCUT2D eigenvalue weighted by atomic mass is 14.7. The van der Waals surface area contributed by atoms with Crippen molar-refractivity contribution in [3.63, 3.8) is 0 Å². The number of aryl methyl sites for hydroxylation is 4. The number of hydrogen-bond donors (Lipinski definition) is 0. The molecule has 8 aromatic rings. The fourth-order valence-electron chi connectivity index (χ4n) is 7.04. The van der Waals surface area contributed by atoms with Crippen LogP contribution in [0.3, 0.4) is 0 Å². The summed E-state index contributed by atoms with van der Waals surface area (Å²) in [6, 6.07) is 61.2. The first-order valence-electron chi connectivity index (χ1n) is 19.6. The smallest absolute Gasteiger partial charge is 0.0707 e. The maximum Gasteiger partial charge on any atom is 0.0707 e. The first-order chi connectivity index (χ1) is 27.6. The molecular weight excluding hydrogens is 689 g/mol. The number of rotatable bonds is 6. The lowest BCUT2D eigenvalue weighted by Crippen LogP contribution is -1.93. The van der Waals surface area contributed by atoms with Crippen molar-refractivity contribution in [1.29, 1.82) is 0 Å². The van der Waals surface area contributed by atoms with Gasteiger partial charge in [0, 0.05) is 17.0 Å². The number of fused-ring (bicyclic) bond motifs is 3. The molecule has 8 aromatic carbocycles. The highest BCUT2D eigenvalue weighted by Crippen LogP contribution is 2.37. The Morgan fingerprint density at radius 3 is 1.65 bits per heavy atom. The maximum absolute atomic E-state index is 4.96. The van der Waals surface area contributed by atoms with Crippen molar-refractivity contribution in [1.82, 2.24) is 0 Å². The molecular formula is C55H52N2. The van der Waals surface area contributed by atoms with Gasteiger partial charge in [-0.25, -0.2) is 0 Å². The average Bonchev–Trinajstić information content (AvgIpc) is 3.23. The van der Waals surface area contributed by atoms with Gasteiger partial charge in [0.1, 0.15) is 0 Å². The van der Waals surface area contributed by atoms with Crippen molar-refractivity contribution < 1.29 is 0 Å². The van der Waals surface area contributed by atoms with Gasteiger partial charge in [0.05, 0.1) is 11.4 Å². The van der Waals surface area contributed by atoms with Crippen LogP contribution in [0.25, 0.3) is 38.2 Å². The van der Waals surface area contributed by atoms with Crippen molar-refractivity contribution in [2.24, 2.45) is 9.98 Å². The van der Waals surface area contributed by atoms with Crippen molar-refractivity contribution in [3.8, 4) is 11.1 Å². The number of para-hydroxylation sites is 1. The number of hydrogen-bond acceptors (Lipinski definition) is 2. The number of nitrogens with zero attached hydrogens (tertiary/aromatic N) is 2. The van der Waals surface area contributed by atoms with Crippen LogP contribution >= 0.6 is 0 Å². The summed E-state index contributed by atoms with van der Waals surface area (Å²) in [4.78, 5) is 9.52.